The van der Waals surface area contributed by atoms with Gasteiger partial charge in [0.2, 0.25) is 0 Å². The Bertz CT molecular complexity index is 331. The van der Waals surface area contributed by atoms with Crippen LogP contribution in [0.4, 0.5) is 5.69 Å². The van der Waals surface area contributed by atoms with Gasteiger partial charge < -0.3 is 10.0 Å². The van der Waals surface area contributed by atoms with Crippen LogP contribution in [-0.2, 0) is 0 Å². The SMILES string of the molecule is CC1CCCCN1c1ccc([C@H](C)O)cc1. The zero-order valence-corrected chi connectivity index (χ0v) is 10.2. The van der Waals surface area contributed by atoms with Crippen molar-refractivity contribution in [3.05, 3.63) is 29.8 Å². The van der Waals surface area contributed by atoms with Crippen LogP contribution in [0.5, 0.6) is 0 Å². The molecule has 2 rings (SSSR count). The molecule has 0 bridgehead atoms. The first kappa shape index (κ1) is 11.5. The van der Waals surface area contributed by atoms with E-state index >= 15 is 0 Å². The van der Waals surface area contributed by atoms with Gasteiger partial charge >= 0.3 is 0 Å². The highest BCUT2D eigenvalue weighted by Crippen LogP contribution is 2.25. The summed E-state index contributed by atoms with van der Waals surface area (Å²) in [5, 5.41) is 9.46. The predicted octanol–water partition coefficient (Wildman–Crippen LogP) is 3.12. The van der Waals surface area contributed by atoms with Gasteiger partial charge in [0.15, 0.2) is 0 Å². The molecule has 1 fully saturated rings. The van der Waals surface area contributed by atoms with Crippen molar-refractivity contribution >= 4 is 5.69 Å². The summed E-state index contributed by atoms with van der Waals surface area (Å²) in [5.41, 5.74) is 2.28. The van der Waals surface area contributed by atoms with Gasteiger partial charge in [-0.1, -0.05) is 12.1 Å². The van der Waals surface area contributed by atoms with Crippen molar-refractivity contribution in [1.82, 2.24) is 0 Å². The summed E-state index contributed by atoms with van der Waals surface area (Å²) in [4.78, 5) is 2.47. The van der Waals surface area contributed by atoms with Crippen molar-refractivity contribution in [2.75, 3.05) is 11.4 Å². The van der Waals surface area contributed by atoms with Gasteiger partial charge in [-0.3, -0.25) is 0 Å². The van der Waals surface area contributed by atoms with Crippen molar-refractivity contribution in [1.29, 1.82) is 0 Å². The number of rotatable bonds is 2. The summed E-state index contributed by atoms with van der Waals surface area (Å²) in [6.07, 6.45) is 3.57. The highest BCUT2D eigenvalue weighted by molar-refractivity contribution is 5.49. The minimum absolute atomic E-state index is 0.368. The van der Waals surface area contributed by atoms with Crippen LogP contribution >= 0.6 is 0 Å². The average molecular weight is 219 g/mol. The van der Waals surface area contributed by atoms with Crippen molar-refractivity contribution in [2.45, 2.75) is 45.3 Å². The smallest absolute Gasteiger partial charge is 0.0761 e. The molecule has 1 aromatic carbocycles. The zero-order valence-electron chi connectivity index (χ0n) is 10.2. The van der Waals surface area contributed by atoms with Crippen LogP contribution in [0.15, 0.2) is 24.3 Å². The summed E-state index contributed by atoms with van der Waals surface area (Å²) >= 11 is 0. The van der Waals surface area contributed by atoms with Gasteiger partial charge in [-0.25, -0.2) is 0 Å². The second-order valence-corrected chi connectivity index (χ2v) is 4.81. The Morgan fingerprint density at radius 2 is 1.94 bits per heavy atom. The van der Waals surface area contributed by atoms with Gasteiger partial charge in [0.05, 0.1) is 6.10 Å². The van der Waals surface area contributed by atoms with Crippen molar-refractivity contribution in [3.63, 3.8) is 0 Å². The number of piperidine rings is 1. The van der Waals surface area contributed by atoms with E-state index in [1.165, 1.54) is 24.9 Å². The zero-order chi connectivity index (χ0) is 11.5. The van der Waals surface area contributed by atoms with Crippen molar-refractivity contribution in [2.24, 2.45) is 0 Å². The van der Waals surface area contributed by atoms with E-state index in [1.54, 1.807) is 6.92 Å². The molecule has 88 valence electrons. The van der Waals surface area contributed by atoms with Gasteiger partial charge in [-0.15, -0.1) is 0 Å². The molecule has 1 unspecified atom stereocenters. The average Bonchev–Trinajstić information content (AvgIpc) is 2.30. The number of hydrogen-bond acceptors (Lipinski definition) is 2. The quantitative estimate of drug-likeness (QED) is 0.826. The number of aliphatic hydroxyl groups excluding tert-OH is 1. The molecule has 1 heterocycles. The first-order valence-electron chi connectivity index (χ1n) is 6.23. The normalized spacial score (nSPS) is 23.2. The fourth-order valence-electron chi connectivity index (χ4n) is 2.43. The lowest BCUT2D eigenvalue weighted by Crippen LogP contribution is -2.37. The van der Waals surface area contributed by atoms with Gasteiger partial charge in [0.25, 0.3) is 0 Å². The standard InChI is InChI=1S/C14H21NO/c1-11-5-3-4-10-15(11)14-8-6-13(7-9-14)12(2)16/h6-9,11-12,16H,3-5,10H2,1-2H3/t11?,12-/m0/s1. The van der Waals surface area contributed by atoms with Crippen molar-refractivity contribution < 1.29 is 5.11 Å². The lowest BCUT2D eigenvalue weighted by atomic mass is 10.0. The Kier molecular flexibility index (Phi) is 3.49. The van der Waals surface area contributed by atoms with Crippen LogP contribution in [0.2, 0.25) is 0 Å². The van der Waals surface area contributed by atoms with E-state index in [0.717, 1.165) is 12.1 Å². The maximum atomic E-state index is 9.46. The van der Waals surface area contributed by atoms with Gasteiger partial charge in [0, 0.05) is 18.3 Å². The highest BCUT2D eigenvalue weighted by atomic mass is 16.3. The minimum atomic E-state index is -0.368. The maximum Gasteiger partial charge on any atom is 0.0761 e. The Labute approximate surface area is 97.9 Å². The molecular weight excluding hydrogens is 198 g/mol. The number of nitrogens with zero attached hydrogens (tertiary/aromatic N) is 1. The van der Waals surface area contributed by atoms with Crippen LogP contribution in [0.3, 0.4) is 0 Å². The van der Waals surface area contributed by atoms with Crippen LogP contribution in [0.25, 0.3) is 0 Å². The van der Waals surface area contributed by atoms with Crippen molar-refractivity contribution in [3.8, 4) is 0 Å². The second kappa shape index (κ2) is 4.88. The summed E-state index contributed by atoms with van der Waals surface area (Å²) in [7, 11) is 0. The van der Waals surface area contributed by atoms with Gasteiger partial charge in [-0.05, 0) is 50.8 Å². The van der Waals surface area contributed by atoms with Crippen LogP contribution < -0.4 is 4.90 Å². The molecule has 0 spiro atoms. The first-order valence-corrected chi connectivity index (χ1v) is 6.23. The number of benzene rings is 1. The Morgan fingerprint density at radius 1 is 1.25 bits per heavy atom. The van der Waals surface area contributed by atoms with Crippen LogP contribution in [0.1, 0.15) is 44.8 Å². The summed E-state index contributed by atoms with van der Waals surface area (Å²) < 4.78 is 0. The van der Waals surface area contributed by atoms with Crippen LogP contribution in [0, 0.1) is 0 Å². The van der Waals surface area contributed by atoms with Crippen LogP contribution in [-0.4, -0.2) is 17.7 Å². The van der Waals surface area contributed by atoms with E-state index in [-0.39, 0.29) is 6.10 Å². The predicted molar refractivity (Wildman–Crippen MR) is 67.7 cm³/mol. The molecule has 2 nitrogen and oxygen atoms in total. The topological polar surface area (TPSA) is 23.5 Å². The summed E-state index contributed by atoms with van der Waals surface area (Å²) in [6.45, 7) is 5.26. The fourth-order valence-corrected chi connectivity index (χ4v) is 2.43. The minimum Gasteiger partial charge on any atom is -0.389 e. The molecule has 0 amide bonds. The molecule has 1 aromatic rings. The molecule has 0 aromatic heterocycles. The number of aliphatic hydroxyl groups is 1. The summed E-state index contributed by atoms with van der Waals surface area (Å²) in [5.74, 6) is 0. The van der Waals surface area contributed by atoms with E-state index < -0.39 is 0 Å². The molecule has 1 aliphatic heterocycles. The third-order valence-electron chi connectivity index (χ3n) is 3.51. The molecular formula is C14H21NO. The largest absolute Gasteiger partial charge is 0.389 e. The molecule has 1 aliphatic rings. The highest BCUT2D eigenvalue weighted by Gasteiger charge is 2.18. The number of anilines is 1. The Morgan fingerprint density at radius 3 is 2.50 bits per heavy atom. The third-order valence-corrected chi connectivity index (χ3v) is 3.51. The van der Waals surface area contributed by atoms with Gasteiger partial charge in [-0.2, -0.15) is 0 Å². The van der Waals surface area contributed by atoms with E-state index in [2.05, 4.69) is 24.0 Å². The Hall–Kier alpha value is -1.02. The molecule has 16 heavy (non-hydrogen) atoms. The lowest BCUT2D eigenvalue weighted by Gasteiger charge is -2.35. The monoisotopic (exact) mass is 219 g/mol. The van der Waals surface area contributed by atoms with E-state index in [0.29, 0.717) is 6.04 Å². The molecule has 2 heteroatoms. The van der Waals surface area contributed by atoms with E-state index in [1.807, 2.05) is 12.1 Å². The third kappa shape index (κ3) is 2.38. The molecule has 0 radical (unpaired) electrons. The lowest BCUT2D eigenvalue weighted by molar-refractivity contribution is 0.199. The fraction of sp³-hybridized carbons (Fsp3) is 0.571. The number of hydrogen-bond donors (Lipinski definition) is 1. The molecule has 1 saturated heterocycles. The Balaban J connectivity index is 2.14. The van der Waals surface area contributed by atoms with E-state index in [4.69, 9.17) is 0 Å². The second-order valence-electron chi connectivity index (χ2n) is 4.81. The summed E-state index contributed by atoms with van der Waals surface area (Å²) in [6, 6.07) is 8.96. The molecule has 2 atom stereocenters. The maximum absolute atomic E-state index is 9.46. The molecule has 0 saturated carbocycles. The van der Waals surface area contributed by atoms with E-state index in [9.17, 15) is 5.11 Å². The molecule has 0 aliphatic carbocycles. The molecule has 1 N–H and O–H groups in total. The first-order chi connectivity index (χ1) is 7.68. The van der Waals surface area contributed by atoms with Gasteiger partial charge in [0.1, 0.15) is 0 Å².